The van der Waals surface area contributed by atoms with Gasteiger partial charge in [0.15, 0.2) is 0 Å². The van der Waals surface area contributed by atoms with Gasteiger partial charge in [-0.05, 0) is 24.4 Å². The molecule has 0 bridgehead atoms. The van der Waals surface area contributed by atoms with E-state index in [0.717, 1.165) is 0 Å². The van der Waals surface area contributed by atoms with Crippen molar-refractivity contribution in [3.8, 4) is 0 Å². The monoisotopic (exact) mass is 211 g/mol. The summed E-state index contributed by atoms with van der Waals surface area (Å²) in [5.41, 5.74) is 5.63. The van der Waals surface area contributed by atoms with Crippen LogP contribution < -0.4 is 10.6 Å². The zero-order valence-electron chi connectivity index (χ0n) is 8.41. The normalized spacial score (nSPS) is 19.0. The van der Waals surface area contributed by atoms with Crippen LogP contribution in [0.2, 0.25) is 0 Å². The second kappa shape index (κ2) is 4.64. The molecule has 2 rings (SSSR count). The predicted octanol–water partition coefficient (Wildman–Crippen LogP) is 2.50. The third kappa shape index (κ3) is 2.38. The Balaban J connectivity index is 2.00. The highest BCUT2D eigenvalue weighted by Gasteiger charge is 2.11. The summed E-state index contributed by atoms with van der Waals surface area (Å²) < 4.78 is 4.12. The fraction of sp³-hybridized carbons (Fsp3) is 0.700. The molecule has 4 heteroatoms. The molecule has 78 valence electrons. The Morgan fingerprint density at radius 2 is 1.79 bits per heavy atom. The van der Waals surface area contributed by atoms with Gasteiger partial charge in [0.1, 0.15) is 10.8 Å². The molecule has 0 radical (unpaired) electrons. The Morgan fingerprint density at radius 3 is 2.36 bits per heavy atom. The molecule has 0 amide bonds. The second-order valence-corrected chi connectivity index (χ2v) is 4.63. The molecule has 0 spiro atoms. The number of nitrogen functional groups attached to an aromatic ring is 1. The highest BCUT2D eigenvalue weighted by molar-refractivity contribution is 7.10. The number of hydrogen-bond donors (Lipinski definition) is 1. The van der Waals surface area contributed by atoms with Gasteiger partial charge >= 0.3 is 0 Å². The maximum atomic E-state index is 5.63. The topological polar surface area (TPSA) is 42.1 Å². The standard InChI is InChI=1S/C10H17N3S/c11-9-8-10(14-12-9)13-6-4-2-1-3-5-7-13/h8H,1-7H2,(H2,11,12). The molecule has 1 aromatic rings. The molecular formula is C10H17N3S. The molecule has 2 heterocycles. The van der Waals surface area contributed by atoms with E-state index in [-0.39, 0.29) is 0 Å². The van der Waals surface area contributed by atoms with Crippen molar-refractivity contribution >= 4 is 22.4 Å². The summed E-state index contributed by atoms with van der Waals surface area (Å²) in [6.07, 6.45) is 6.74. The van der Waals surface area contributed by atoms with Gasteiger partial charge in [-0.1, -0.05) is 19.3 Å². The molecule has 0 aliphatic carbocycles. The molecule has 1 aliphatic heterocycles. The van der Waals surface area contributed by atoms with Crippen LogP contribution >= 0.6 is 11.5 Å². The lowest BCUT2D eigenvalue weighted by atomic mass is 10.1. The Hall–Kier alpha value is -0.770. The average Bonchev–Trinajstić information content (AvgIpc) is 2.51. The van der Waals surface area contributed by atoms with E-state index >= 15 is 0 Å². The van der Waals surface area contributed by atoms with Crippen LogP contribution in [0.5, 0.6) is 0 Å². The van der Waals surface area contributed by atoms with Gasteiger partial charge < -0.3 is 10.6 Å². The van der Waals surface area contributed by atoms with Gasteiger partial charge in [-0.25, -0.2) is 0 Å². The number of rotatable bonds is 1. The lowest BCUT2D eigenvalue weighted by molar-refractivity contribution is 0.558. The first-order chi connectivity index (χ1) is 6.86. The van der Waals surface area contributed by atoms with Crippen LogP contribution in [0.1, 0.15) is 32.1 Å². The highest BCUT2D eigenvalue weighted by Crippen LogP contribution is 2.25. The van der Waals surface area contributed by atoms with Crippen molar-refractivity contribution in [3.63, 3.8) is 0 Å². The maximum Gasteiger partial charge on any atom is 0.139 e. The van der Waals surface area contributed by atoms with Crippen LogP contribution in [0.4, 0.5) is 10.8 Å². The first-order valence-corrected chi connectivity index (χ1v) is 6.11. The molecule has 1 fully saturated rings. The summed E-state index contributed by atoms with van der Waals surface area (Å²) in [5, 5.41) is 1.24. The minimum atomic E-state index is 0.659. The molecule has 1 saturated heterocycles. The molecule has 0 aromatic carbocycles. The zero-order chi connectivity index (χ0) is 9.80. The van der Waals surface area contributed by atoms with E-state index < -0.39 is 0 Å². The Labute approximate surface area is 89.1 Å². The third-order valence-corrected chi connectivity index (χ3v) is 3.55. The predicted molar refractivity (Wildman–Crippen MR) is 61.8 cm³/mol. The van der Waals surface area contributed by atoms with Crippen molar-refractivity contribution < 1.29 is 0 Å². The molecule has 0 saturated carbocycles. The van der Waals surface area contributed by atoms with E-state index in [1.807, 2.05) is 6.07 Å². The van der Waals surface area contributed by atoms with Gasteiger partial charge in [0.05, 0.1) is 0 Å². The van der Waals surface area contributed by atoms with Gasteiger partial charge in [0.25, 0.3) is 0 Å². The molecule has 1 aliphatic rings. The fourth-order valence-corrected chi connectivity index (χ4v) is 2.62. The van der Waals surface area contributed by atoms with Crippen molar-refractivity contribution in [1.29, 1.82) is 0 Å². The lowest BCUT2D eigenvalue weighted by Crippen LogP contribution is -2.26. The van der Waals surface area contributed by atoms with E-state index in [9.17, 15) is 0 Å². The van der Waals surface area contributed by atoms with Gasteiger partial charge in [0, 0.05) is 19.2 Å². The molecule has 14 heavy (non-hydrogen) atoms. The number of hydrogen-bond acceptors (Lipinski definition) is 4. The SMILES string of the molecule is Nc1cc(N2CCCCCCC2)sn1. The van der Waals surface area contributed by atoms with Crippen molar-refractivity contribution in [3.05, 3.63) is 6.07 Å². The minimum Gasteiger partial charge on any atom is -0.383 e. The first-order valence-electron chi connectivity index (χ1n) is 5.33. The average molecular weight is 211 g/mol. The summed E-state index contributed by atoms with van der Waals surface area (Å²) >= 11 is 1.52. The largest absolute Gasteiger partial charge is 0.383 e. The van der Waals surface area contributed by atoms with Crippen LogP contribution in [0.3, 0.4) is 0 Å². The lowest BCUT2D eigenvalue weighted by Gasteiger charge is -2.24. The van der Waals surface area contributed by atoms with Crippen molar-refractivity contribution in [1.82, 2.24) is 4.37 Å². The van der Waals surface area contributed by atoms with Crippen molar-refractivity contribution in [2.24, 2.45) is 0 Å². The molecule has 1 aromatic heterocycles. The molecule has 2 N–H and O–H groups in total. The smallest absolute Gasteiger partial charge is 0.139 e. The number of nitrogens with zero attached hydrogens (tertiary/aromatic N) is 2. The van der Waals surface area contributed by atoms with Gasteiger partial charge in [0.2, 0.25) is 0 Å². The van der Waals surface area contributed by atoms with E-state index in [4.69, 9.17) is 5.73 Å². The van der Waals surface area contributed by atoms with Crippen molar-refractivity contribution in [2.75, 3.05) is 23.7 Å². The van der Waals surface area contributed by atoms with Crippen LogP contribution in [-0.2, 0) is 0 Å². The van der Waals surface area contributed by atoms with Crippen LogP contribution in [0.25, 0.3) is 0 Å². The van der Waals surface area contributed by atoms with Gasteiger partial charge in [-0.3, -0.25) is 0 Å². The van der Waals surface area contributed by atoms with E-state index in [2.05, 4.69) is 9.27 Å². The number of nitrogens with two attached hydrogens (primary N) is 1. The third-order valence-electron chi connectivity index (χ3n) is 2.68. The van der Waals surface area contributed by atoms with E-state index in [0.29, 0.717) is 5.82 Å². The Bertz CT molecular complexity index is 277. The number of aromatic nitrogens is 1. The molecule has 3 nitrogen and oxygen atoms in total. The van der Waals surface area contributed by atoms with E-state index in [1.54, 1.807) is 0 Å². The Kier molecular flexibility index (Phi) is 3.24. The summed E-state index contributed by atoms with van der Waals surface area (Å²) in [6, 6.07) is 1.99. The van der Waals surface area contributed by atoms with E-state index in [1.165, 1.54) is 61.7 Å². The summed E-state index contributed by atoms with van der Waals surface area (Å²) in [5.74, 6) is 0.659. The maximum absolute atomic E-state index is 5.63. The Morgan fingerprint density at radius 1 is 1.14 bits per heavy atom. The fourth-order valence-electron chi connectivity index (χ4n) is 1.90. The van der Waals surface area contributed by atoms with Gasteiger partial charge in [-0.2, -0.15) is 4.37 Å². The van der Waals surface area contributed by atoms with Crippen LogP contribution in [-0.4, -0.2) is 17.5 Å². The quantitative estimate of drug-likeness (QED) is 0.776. The highest BCUT2D eigenvalue weighted by atomic mass is 32.1. The first kappa shape index (κ1) is 9.77. The summed E-state index contributed by atoms with van der Waals surface area (Å²) in [4.78, 5) is 2.42. The van der Waals surface area contributed by atoms with Gasteiger partial charge in [-0.15, -0.1) is 0 Å². The van der Waals surface area contributed by atoms with Crippen molar-refractivity contribution in [2.45, 2.75) is 32.1 Å². The second-order valence-electron chi connectivity index (χ2n) is 3.84. The number of anilines is 2. The summed E-state index contributed by atoms with van der Waals surface area (Å²) in [6.45, 7) is 2.34. The molecule has 0 unspecified atom stereocenters. The molecular weight excluding hydrogens is 194 g/mol. The van der Waals surface area contributed by atoms with Crippen LogP contribution in [0, 0.1) is 0 Å². The summed E-state index contributed by atoms with van der Waals surface area (Å²) in [7, 11) is 0. The van der Waals surface area contributed by atoms with Crippen LogP contribution in [0.15, 0.2) is 6.07 Å². The minimum absolute atomic E-state index is 0.659. The zero-order valence-corrected chi connectivity index (χ0v) is 9.22. The molecule has 0 atom stereocenters.